The van der Waals surface area contributed by atoms with Crippen LogP contribution in [-0.2, 0) is 0 Å². The molecule has 2 aromatic rings. The van der Waals surface area contributed by atoms with Gasteiger partial charge in [-0.25, -0.2) is 4.39 Å². The van der Waals surface area contributed by atoms with Crippen LogP contribution >= 0.6 is 31.9 Å². The Kier molecular flexibility index (Phi) is 3.97. The van der Waals surface area contributed by atoms with E-state index in [1.807, 2.05) is 12.1 Å². The summed E-state index contributed by atoms with van der Waals surface area (Å²) in [5.41, 5.74) is 0.923. The quantitative estimate of drug-likeness (QED) is 0.840. The molecule has 17 heavy (non-hydrogen) atoms. The fourth-order valence-corrected chi connectivity index (χ4v) is 2.19. The summed E-state index contributed by atoms with van der Waals surface area (Å²) in [5, 5.41) is 10.1. The molecule has 88 valence electrons. The Bertz CT molecular complexity index is 525. The molecule has 0 heterocycles. The zero-order valence-electron chi connectivity index (χ0n) is 8.70. The standard InChI is InChI=1S/C13H9Br2FO/c14-9-3-1-8(2-4-9)13(17)11-7-10(15)5-6-12(11)16/h1-7,13,17H. The summed E-state index contributed by atoms with van der Waals surface area (Å²) in [6, 6.07) is 11.7. The minimum atomic E-state index is -0.958. The third-order valence-corrected chi connectivity index (χ3v) is 3.46. The summed E-state index contributed by atoms with van der Waals surface area (Å²) < 4.78 is 15.3. The zero-order chi connectivity index (χ0) is 12.4. The fourth-order valence-electron chi connectivity index (χ4n) is 1.55. The first-order valence-corrected chi connectivity index (χ1v) is 6.55. The highest BCUT2D eigenvalue weighted by Crippen LogP contribution is 2.27. The monoisotopic (exact) mass is 358 g/mol. The van der Waals surface area contributed by atoms with Crippen LogP contribution < -0.4 is 0 Å². The molecule has 0 aliphatic rings. The highest BCUT2D eigenvalue weighted by molar-refractivity contribution is 9.10. The van der Waals surface area contributed by atoms with Crippen molar-refractivity contribution in [2.75, 3.05) is 0 Å². The largest absolute Gasteiger partial charge is 0.384 e. The van der Waals surface area contributed by atoms with Crippen molar-refractivity contribution < 1.29 is 9.50 Å². The van der Waals surface area contributed by atoms with Crippen LogP contribution in [0.5, 0.6) is 0 Å². The summed E-state index contributed by atoms with van der Waals surface area (Å²) in [6.07, 6.45) is -0.958. The first kappa shape index (κ1) is 12.7. The lowest BCUT2D eigenvalue weighted by atomic mass is 10.0. The molecule has 1 atom stereocenters. The van der Waals surface area contributed by atoms with Gasteiger partial charge in [0.15, 0.2) is 0 Å². The molecule has 4 heteroatoms. The third kappa shape index (κ3) is 2.94. The minimum Gasteiger partial charge on any atom is -0.384 e. The molecule has 0 bridgehead atoms. The molecular formula is C13H9Br2FO. The van der Waals surface area contributed by atoms with Crippen molar-refractivity contribution in [1.82, 2.24) is 0 Å². The molecule has 0 amide bonds. The molecule has 0 saturated heterocycles. The van der Waals surface area contributed by atoms with Crippen molar-refractivity contribution in [1.29, 1.82) is 0 Å². The first-order valence-electron chi connectivity index (χ1n) is 4.96. The number of hydrogen-bond donors (Lipinski definition) is 1. The average molecular weight is 360 g/mol. The SMILES string of the molecule is OC(c1ccc(Br)cc1)c1cc(Br)ccc1F. The van der Waals surface area contributed by atoms with E-state index in [1.54, 1.807) is 24.3 Å². The van der Waals surface area contributed by atoms with E-state index in [2.05, 4.69) is 31.9 Å². The molecule has 0 radical (unpaired) electrons. The molecule has 1 unspecified atom stereocenters. The van der Waals surface area contributed by atoms with Gasteiger partial charge in [-0.05, 0) is 35.9 Å². The Morgan fingerprint density at radius 3 is 2.18 bits per heavy atom. The van der Waals surface area contributed by atoms with E-state index in [0.29, 0.717) is 5.56 Å². The summed E-state index contributed by atoms with van der Waals surface area (Å²) in [7, 11) is 0. The highest BCUT2D eigenvalue weighted by Gasteiger charge is 2.15. The third-order valence-electron chi connectivity index (χ3n) is 2.44. The maximum Gasteiger partial charge on any atom is 0.129 e. The van der Waals surface area contributed by atoms with Gasteiger partial charge < -0.3 is 5.11 Å². The van der Waals surface area contributed by atoms with Crippen molar-refractivity contribution in [2.45, 2.75) is 6.10 Å². The maximum atomic E-state index is 13.6. The molecule has 1 N–H and O–H groups in total. The van der Waals surface area contributed by atoms with Crippen molar-refractivity contribution in [2.24, 2.45) is 0 Å². The molecule has 2 aromatic carbocycles. The van der Waals surface area contributed by atoms with E-state index in [1.165, 1.54) is 6.07 Å². The molecule has 2 rings (SSSR count). The normalized spacial score (nSPS) is 12.5. The number of halogens is 3. The Labute approximate surface area is 116 Å². The maximum absolute atomic E-state index is 13.6. The molecule has 0 aliphatic heterocycles. The number of hydrogen-bond acceptors (Lipinski definition) is 1. The summed E-state index contributed by atoms with van der Waals surface area (Å²) in [6.45, 7) is 0. The van der Waals surface area contributed by atoms with Crippen molar-refractivity contribution in [3.8, 4) is 0 Å². The molecule has 0 aromatic heterocycles. The second-order valence-corrected chi connectivity index (χ2v) is 5.45. The van der Waals surface area contributed by atoms with Crippen LogP contribution in [0.2, 0.25) is 0 Å². The van der Waals surface area contributed by atoms with Gasteiger partial charge in [0.1, 0.15) is 11.9 Å². The predicted molar refractivity (Wildman–Crippen MR) is 72.3 cm³/mol. The van der Waals surface area contributed by atoms with Crippen LogP contribution in [0.15, 0.2) is 51.4 Å². The Morgan fingerprint density at radius 2 is 1.53 bits per heavy atom. The lowest BCUT2D eigenvalue weighted by Crippen LogP contribution is -2.02. The van der Waals surface area contributed by atoms with E-state index in [9.17, 15) is 9.50 Å². The minimum absolute atomic E-state index is 0.265. The average Bonchev–Trinajstić information content (AvgIpc) is 2.32. The summed E-state index contributed by atoms with van der Waals surface area (Å²) >= 11 is 6.58. The van der Waals surface area contributed by atoms with Gasteiger partial charge in [0.05, 0.1) is 0 Å². The van der Waals surface area contributed by atoms with Crippen LogP contribution in [-0.4, -0.2) is 5.11 Å². The van der Waals surface area contributed by atoms with E-state index < -0.39 is 11.9 Å². The molecule has 1 nitrogen and oxygen atoms in total. The lowest BCUT2D eigenvalue weighted by molar-refractivity contribution is 0.215. The first-order chi connectivity index (χ1) is 8.08. The van der Waals surface area contributed by atoms with Gasteiger partial charge in [-0.15, -0.1) is 0 Å². The second-order valence-electron chi connectivity index (χ2n) is 3.62. The molecule has 0 spiro atoms. The van der Waals surface area contributed by atoms with E-state index in [0.717, 1.165) is 8.95 Å². The number of aliphatic hydroxyl groups is 1. The number of benzene rings is 2. The predicted octanol–water partition coefficient (Wildman–Crippen LogP) is 4.43. The van der Waals surface area contributed by atoms with Crippen LogP contribution in [0.4, 0.5) is 4.39 Å². The van der Waals surface area contributed by atoms with Gasteiger partial charge in [-0.3, -0.25) is 0 Å². The van der Waals surface area contributed by atoms with Crippen molar-refractivity contribution in [3.63, 3.8) is 0 Å². The topological polar surface area (TPSA) is 20.2 Å². The zero-order valence-corrected chi connectivity index (χ0v) is 11.9. The van der Waals surface area contributed by atoms with E-state index >= 15 is 0 Å². The van der Waals surface area contributed by atoms with Crippen LogP contribution in [0, 0.1) is 5.82 Å². The number of rotatable bonds is 2. The Morgan fingerprint density at radius 1 is 0.941 bits per heavy atom. The second kappa shape index (κ2) is 5.29. The molecule has 0 fully saturated rings. The van der Waals surface area contributed by atoms with Crippen molar-refractivity contribution in [3.05, 3.63) is 68.4 Å². The van der Waals surface area contributed by atoms with Gasteiger partial charge in [0, 0.05) is 14.5 Å². The van der Waals surface area contributed by atoms with Crippen LogP contribution in [0.1, 0.15) is 17.2 Å². The smallest absolute Gasteiger partial charge is 0.129 e. The van der Waals surface area contributed by atoms with Gasteiger partial charge in [-0.2, -0.15) is 0 Å². The van der Waals surface area contributed by atoms with Gasteiger partial charge in [-0.1, -0.05) is 44.0 Å². The van der Waals surface area contributed by atoms with Gasteiger partial charge >= 0.3 is 0 Å². The number of aliphatic hydroxyl groups excluding tert-OH is 1. The van der Waals surface area contributed by atoms with E-state index in [4.69, 9.17) is 0 Å². The van der Waals surface area contributed by atoms with Crippen molar-refractivity contribution >= 4 is 31.9 Å². The molecule has 0 aliphatic carbocycles. The Balaban J connectivity index is 2.39. The van der Waals surface area contributed by atoms with Gasteiger partial charge in [0.2, 0.25) is 0 Å². The Hall–Kier alpha value is -0.710. The summed E-state index contributed by atoms with van der Waals surface area (Å²) in [4.78, 5) is 0. The molecular weight excluding hydrogens is 351 g/mol. The van der Waals surface area contributed by atoms with Crippen LogP contribution in [0.25, 0.3) is 0 Å². The van der Waals surface area contributed by atoms with E-state index in [-0.39, 0.29) is 5.56 Å². The highest BCUT2D eigenvalue weighted by atomic mass is 79.9. The van der Waals surface area contributed by atoms with Crippen LogP contribution in [0.3, 0.4) is 0 Å². The lowest BCUT2D eigenvalue weighted by Gasteiger charge is -2.12. The molecule has 0 saturated carbocycles. The summed E-state index contributed by atoms with van der Waals surface area (Å²) in [5.74, 6) is -0.413. The fraction of sp³-hybridized carbons (Fsp3) is 0.0769. The van der Waals surface area contributed by atoms with Gasteiger partial charge in [0.25, 0.3) is 0 Å².